The number of hydrogen-bond donors (Lipinski definition) is 1. The van der Waals surface area contributed by atoms with E-state index in [9.17, 15) is 14.4 Å². The van der Waals surface area contributed by atoms with E-state index in [2.05, 4.69) is 15.2 Å². The molecule has 0 aliphatic carbocycles. The molecule has 7 nitrogen and oxygen atoms in total. The van der Waals surface area contributed by atoms with Crippen LogP contribution >= 0.6 is 11.3 Å². The van der Waals surface area contributed by atoms with Crippen LogP contribution in [-0.4, -0.2) is 48.8 Å². The number of morpholine rings is 1. The normalized spacial score (nSPS) is 13.8. The van der Waals surface area contributed by atoms with Crippen LogP contribution in [0.3, 0.4) is 0 Å². The number of anilines is 1. The average Bonchev–Trinajstić information content (AvgIpc) is 3.22. The van der Waals surface area contributed by atoms with E-state index in [1.807, 2.05) is 25.1 Å². The molecule has 1 aliphatic heterocycles. The van der Waals surface area contributed by atoms with Gasteiger partial charge < -0.3 is 15.0 Å². The molecule has 1 fully saturated rings. The molecule has 0 atom stereocenters. The highest BCUT2D eigenvalue weighted by Crippen LogP contribution is 2.18. The average molecular weight is 430 g/mol. The first kappa shape index (κ1) is 22.1. The minimum atomic E-state index is -0.180. The molecule has 1 N–H and O–H groups in total. The molecule has 3 rings (SSSR count). The number of carbonyl (C=O) groups is 3. The standard InChI is InChI=1S/C22H27N3O4S/c1-16-2-7-20(30-16)19(27)6-4-18(26)5-9-22(28)24-15-17-3-8-21(23-14-17)25-10-12-29-13-11-25/h2-3,7-8,14H,4-6,9-13,15H2,1H3,(H,24,28). The summed E-state index contributed by atoms with van der Waals surface area (Å²) in [5, 5.41) is 2.82. The number of nitrogens with one attached hydrogen (secondary N) is 1. The van der Waals surface area contributed by atoms with E-state index < -0.39 is 0 Å². The SMILES string of the molecule is Cc1ccc(C(=O)CCC(=O)CCC(=O)NCc2ccc(N3CCOCC3)nc2)s1. The zero-order valence-corrected chi connectivity index (χ0v) is 18.0. The highest BCUT2D eigenvalue weighted by Gasteiger charge is 2.14. The van der Waals surface area contributed by atoms with Crippen LogP contribution < -0.4 is 10.2 Å². The van der Waals surface area contributed by atoms with Gasteiger partial charge in [-0.25, -0.2) is 4.98 Å². The van der Waals surface area contributed by atoms with Crippen LogP contribution in [0.4, 0.5) is 5.82 Å². The molecule has 0 aromatic carbocycles. The summed E-state index contributed by atoms with van der Waals surface area (Å²) in [6.45, 7) is 5.39. The number of ketones is 2. The maximum Gasteiger partial charge on any atom is 0.220 e. The number of ether oxygens (including phenoxy) is 1. The van der Waals surface area contributed by atoms with Crippen LogP contribution in [0, 0.1) is 6.92 Å². The number of hydrogen-bond acceptors (Lipinski definition) is 7. The van der Waals surface area contributed by atoms with Gasteiger partial charge in [0.15, 0.2) is 5.78 Å². The third-order valence-corrected chi connectivity index (χ3v) is 5.95. The van der Waals surface area contributed by atoms with Crippen LogP contribution in [0.5, 0.6) is 0 Å². The molecule has 0 radical (unpaired) electrons. The lowest BCUT2D eigenvalue weighted by Gasteiger charge is -2.27. The Morgan fingerprint density at radius 2 is 1.83 bits per heavy atom. The largest absolute Gasteiger partial charge is 0.378 e. The smallest absolute Gasteiger partial charge is 0.220 e. The molecule has 0 saturated carbocycles. The molecule has 3 heterocycles. The van der Waals surface area contributed by atoms with Gasteiger partial charge in [0.25, 0.3) is 0 Å². The highest BCUT2D eigenvalue weighted by atomic mass is 32.1. The Balaban J connectivity index is 1.33. The summed E-state index contributed by atoms with van der Waals surface area (Å²) in [5.41, 5.74) is 0.906. The molecule has 2 aromatic heterocycles. The molecule has 160 valence electrons. The van der Waals surface area contributed by atoms with E-state index in [4.69, 9.17) is 4.74 Å². The van der Waals surface area contributed by atoms with Crippen molar-refractivity contribution < 1.29 is 19.1 Å². The van der Waals surface area contributed by atoms with Crippen LogP contribution in [0.25, 0.3) is 0 Å². The highest BCUT2D eigenvalue weighted by molar-refractivity contribution is 7.14. The number of Topliss-reactive ketones (excluding diaryl/α,β-unsaturated/α-hetero) is 2. The summed E-state index contributed by atoms with van der Waals surface area (Å²) < 4.78 is 5.34. The lowest BCUT2D eigenvalue weighted by atomic mass is 10.1. The molecular weight excluding hydrogens is 402 g/mol. The Morgan fingerprint density at radius 1 is 1.07 bits per heavy atom. The minimum Gasteiger partial charge on any atom is -0.378 e. The van der Waals surface area contributed by atoms with Crippen molar-refractivity contribution in [1.82, 2.24) is 10.3 Å². The van der Waals surface area contributed by atoms with E-state index in [1.54, 1.807) is 12.3 Å². The molecule has 2 aromatic rings. The van der Waals surface area contributed by atoms with Gasteiger partial charge in [0.05, 0.1) is 18.1 Å². The summed E-state index contributed by atoms with van der Waals surface area (Å²) in [5.74, 6) is 0.647. The number of pyridine rings is 1. The number of carbonyl (C=O) groups excluding carboxylic acids is 3. The molecule has 0 unspecified atom stereocenters. The van der Waals surface area contributed by atoms with Crippen LogP contribution in [-0.2, 0) is 20.9 Å². The van der Waals surface area contributed by atoms with Crippen molar-refractivity contribution in [1.29, 1.82) is 0 Å². The van der Waals surface area contributed by atoms with Crippen LogP contribution in [0.15, 0.2) is 30.5 Å². The number of nitrogens with zero attached hydrogens (tertiary/aromatic N) is 2. The first-order valence-electron chi connectivity index (χ1n) is 10.2. The first-order valence-corrected chi connectivity index (χ1v) is 11.0. The molecule has 0 bridgehead atoms. The lowest BCUT2D eigenvalue weighted by molar-refractivity contribution is -0.125. The van der Waals surface area contributed by atoms with Gasteiger partial charge in [0.2, 0.25) is 5.91 Å². The Kier molecular flexibility index (Phi) is 8.10. The fourth-order valence-corrected chi connectivity index (χ4v) is 3.96. The van der Waals surface area contributed by atoms with Crippen molar-refractivity contribution in [3.05, 3.63) is 45.8 Å². The van der Waals surface area contributed by atoms with Crippen LogP contribution in [0.1, 0.15) is 45.8 Å². The second-order valence-corrected chi connectivity index (χ2v) is 8.56. The van der Waals surface area contributed by atoms with Gasteiger partial charge in [-0.3, -0.25) is 14.4 Å². The Bertz CT molecular complexity index is 873. The van der Waals surface area contributed by atoms with Gasteiger partial charge in [-0.2, -0.15) is 0 Å². The van der Waals surface area contributed by atoms with E-state index >= 15 is 0 Å². The van der Waals surface area contributed by atoms with Gasteiger partial charge in [-0.15, -0.1) is 11.3 Å². The van der Waals surface area contributed by atoms with Gasteiger partial charge >= 0.3 is 0 Å². The number of amides is 1. The van der Waals surface area contributed by atoms with Crippen molar-refractivity contribution in [2.45, 2.75) is 39.2 Å². The van der Waals surface area contributed by atoms with Crippen LogP contribution in [0.2, 0.25) is 0 Å². The van der Waals surface area contributed by atoms with Gasteiger partial charge in [0.1, 0.15) is 11.6 Å². The fourth-order valence-electron chi connectivity index (χ4n) is 3.13. The summed E-state index contributed by atoms with van der Waals surface area (Å²) >= 11 is 1.44. The molecule has 1 amide bonds. The number of rotatable bonds is 10. The summed E-state index contributed by atoms with van der Waals surface area (Å²) in [6.07, 6.45) is 2.41. The third kappa shape index (κ3) is 6.74. The van der Waals surface area contributed by atoms with E-state index in [0.717, 1.165) is 29.3 Å². The summed E-state index contributed by atoms with van der Waals surface area (Å²) in [6, 6.07) is 7.59. The number of aryl methyl sites for hydroxylation is 1. The predicted octanol–water partition coefficient (Wildman–Crippen LogP) is 2.92. The third-order valence-electron chi connectivity index (χ3n) is 4.91. The lowest BCUT2D eigenvalue weighted by Crippen LogP contribution is -2.36. The first-order chi connectivity index (χ1) is 14.5. The second kappa shape index (κ2) is 11.0. The van der Waals surface area contributed by atoms with Crippen molar-refractivity contribution in [3.63, 3.8) is 0 Å². The Hall–Kier alpha value is -2.58. The van der Waals surface area contributed by atoms with E-state index in [-0.39, 0.29) is 43.2 Å². The fraction of sp³-hybridized carbons (Fsp3) is 0.455. The number of thiophene rings is 1. The Morgan fingerprint density at radius 3 is 2.50 bits per heavy atom. The van der Waals surface area contributed by atoms with Crippen molar-refractivity contribution >= 4 is 34.6 Å². The maximum absolute atomic E-state index is 12.0. The van der Waals surface area contributed by atoms with Gasteiger partial charge in [0, 0.05) is 56.4 Å². The maximum atomic E-state index is 12.0. The summed E-state index contributed by atoms with van der Waals surface area (Å²) in [4.78, 5) is 44.5. The van der Waals surface area contributed by atoms with Crippen molar-refractivity contribution in [2.24, 2.45) is 0 Å². The summed E-state index contributed by atoms with van der Waals surface area (Å²) in [7, 11) is 0. The monoisotopic (exact) mass is 429 g/mol. The minimum absolute atomic E-state index is 0.0149. The van der Waals surface area contributed by atoms with Crippen molar-refractivity contribution in [2.75, 3.05) is 31.2 Å². The van der Waals surface area contributed by atoms with Gasteiger partial charge in [-0.05, 0) is 30.7 Å². The number of aromatic nitrogens is 1. The van der Waals surface area contributed by atoms with E-state index in [0.29, 0.717) is 24.6 Å². The van der Waals surface area contributed by atoms with Crippen molar-refractivity contribution in [3.8, 4) is 0 Å². The quantitative estimate of drug-likeness (QED) is 0.584. The molecule has 0 spiro atoms. The second-order valence-electron chi connectivity index (χ2n) is 7.27. The Labute approximate surface area is 180 Å². The molecule has 8 heteroatoms. The zero-order valence-electron chi connectivity index (χ0n) is 17.2. The molecule has 1 aliphatic rings. The molecule has 1 saturated heterocycles. The zero-order chi connectivity index (χ0) is 21.3. The molecule has 30 heavy (non-hydrogen) atoms. The van der Waals surface area contributed by atoms with E-state index in [1.165, 1.54) is 11.3 Å². The topological polar surface area (TPSA) is 88.6 Å². The molecular formula is C22H27N3O4S. The predicted molar refractivity (Wildman–Crippen MR) is 116 cm³/mol. The van der Waals surface area contributed by atoms with Gasteiger partial charge in [-0.1, -0.05) is 6.07 Å².